The summed E-state index contributed by atoms with van der Waals surface area (Å²) in [4.78, 5) is 3.82. The highest BCUT2D eigenvalue weighted by molar-refractivity contribution is 5.36. The molecule has 0 spiro atoms. The molecular formula is C22H14F4N2O2. The Morgan fingerprint density at radius 1 is 1.10 bits per heavy atom. The molecule has 0 N–H and O–H groups in total. The molecule has 0 amide bonds. The normalized spacial score (nSPS) is 18.0. The first kappa shape index (κ1) is 19.9. The standard InChI is InChI=1S/C22H14F4N2O2/c23-16-4-7-18(19(24)9-16)21(13-30-21)22(25,26)20-8-3-15(11-28-20)12-29-17-5-1-14(10-27)2-6-17/h1-9,11H,12-13H2. The summed E-state index contributed by atoms with van der Waals surface area (Å²) in [6.07, 6.45) is 1.24. The average molecular weight is 414 g/mol. The number of ether oxygens (including phenoxy) is 2. The minimum atomic E-state index is -3.63. The van der Waals surface area contributed by atoms with E-state index < -0.39 is 41.0 Å². The van der Waals surface area contributed by atoms with Gasteiger partial charge in [-0.25, -0.2) is 8.78 Å². The fraction of sp³-hybridized carbons (Fsp3) is 0.182. The van der Waals surface area contributed by atoms with E-state index in [1.807, 2.05) is 6.07 Å². The number of alkyl halides is 2. The third-order valence-electron chi connectivity index (χ3n) is 4.84. The number of nitrogens with zero attached hydrogens (tertiary/aromatic N) is 2. The molecule has 2 aromatic carbocycles. The summed E-state index contributed by atoms with van der Waals surface area (Å²) in [5.41, 5.74) is -2.19. The largest absolute Gasteiger partial charge is 0.489 e. The maximum absolute atomic E-state index is 15.1. The van der Waals surface area contributed by atoms with Gasteiger partial charge in [0.2, 0.25) is 0 Å². The van der Waals surface area contributed by atoms with E-state index in [0.29, 0.717) is 22.9 Å². The molecule has 0 saturated carbocycles. The molecule has 0 aliphatic carbocycles. The average Bonchev–Trinajstić information content (AvgIpc) is 3.55. The molecule has 1 aliphatic heterocycles. The molecule has 1 saturated heterocycles. The minimum absolute atomic E-state index is 0.0823. The van der Waals surface area contributed by atoms with Crippen molar-refractivity contribution in [3.63, 3.8) is 0 Å². The minimum Gasteiger partial charge on any atom is -0.489 e. The molecular weight excluding hydrogens is 400 g/mol. The third kappa shape index (κ3) is 3.48. The van der Waals surface area contributed by atoms with Gasteiger partial charge >= 0.3 is 5.92 Å². The van der Waals surface area contributed by atoms with Gasteiger partial charge in [-0.05, 0) is 42.5 Å². The smallest absolute Gasteiger partial charge is 0.324 e. The van der Waals surface area contributed by atoms with E-state index in [-0.39, 0.29) is 6.61 Å². The van der Waals surface area contributed by atoms with Gasteiger partial charge in [-0.2, -0.15) is 14.0 Å². The van der Waals surface area contributed by atoms with Crippen molar-refractivity contribution < 1.29 is 27.0 Å². The molecule has 1 aliphatic rings. The second kappa shape index (κ2) is 7.43. The zero-order chi connectivity index (χ0) is 21.4. The summed E-state index contributed by atoms with van der Waals surface area (Å²) in [6, 6.07) is 13.4. The lowest BCUT2D eigenvalue weighted by Gasteiger charge is -2.24. The lowest BCUT2D eigenvalue weighted by atomic mass is 9.90. The van der Waals surface area contributed by atoms with Crippen LogP contribution in [-0.2, 0) is 22.9 Å². The van der Waals surface area contributed by atoms with Crippen LogP contribution in [0.3, 0.4) is 0 Å². The van der Waals surface area contributed by atoms with Gasteiger partial charge in [0.25, 0.3) is 0 Å². The summed E-state index contributed by atoms with van der Waals surface area (Å²) in [7, 11) is 0. The van der Waals surface area contributed by atoms with Crippen molar-refractivity contribution in [3.8, 4) is 11.8 Å². The molecule has 1 unspecified atom stereocenters. The molecule has 1 aromatic heterocycles. The maximum atomic E-state index is 15.1. The van der Waals surface area contributed by atoms with Gasteiger partial charge in [0.05, 0.1) is 18.2 Å². The van der Waals surface area contributed by atoms with Crippen LogP contribution in [0.5, 0.6) is 5.75 Å². The Labute approximate surface area is 169 Å². The number of benzene rings is 2. The Balaban J connectivity index is 1.50. The summed E-state index contributed by atoms with van der Waals surface area (Å²) < 4.78 is 68.0. The Bertz CT molecular complexity index is 1110. The fourth-order valence-corrected chi connectivity index (χ4v) is 3.09. The highest BCUT2D eigenvalue weighted by Gasteiger charge is 2.68. The molecule has 8 heteroatoms. The van der Waals surface area contributed by atoms with Gasteiger partial charge in [0, 0.05) is 23.4 Å². The van der Waals surface area contributed by atoms with E-state index in [4.69, 9.17) is 14.7 Å². The van der Waals surface area contributed by atoms with Crippen molar-refractivity contribution in [2.24, 2.45) is 0 Å². The van der Waals surface area contributed by atoms with E-state index in [9.17, 15) is 8.78 Å². The summed E-state index contributed by atoms with van der Waals surface area (Å²) in [5, 5.41) is 8.78. The van der Waals surface area contributed by atoms with Gasteiger partial charge in [0.15, 0.2) is 5.60 Å². The summed E-state index contributed by atoms with van der Waals surface area (Å²) in [5.74, 6) is -5.07. The van der Waals surface area contributed by atoms with Crippen LogP contribution in [-0.4, -0.2) is 11.6 Å². The van der Waals surface area contributed by atoms with Gasteiger partial charge < -0.3 is 9.47 Å². The predicted octanol–water partition coefficient (Wildman–Crippen LogP) is 4.83. The molecule has 152 valence electrons. The number of pyridine rings is 1. The monoisotopic (exact) mass is 414 g/mol. The van der Waals surface area contributed by atoms with Crippen LogP contribution in [0.4, 0.5) is 17.6 Å². The Morgan fingerprint density at radius 3 is 2.40 bits per heavy atom. The Hall–Kier alpha value is -3.44. The molecule has 30 heavy (non-hydrogen) atoms. The highest BCUT2D eigenvalue weighted by atomic mass is 19.3. The maximum Gasteiger partial charge on any atom is 0.324 e. The first-order valence-electron chi connectivity index (χ1n) is 8.91. The number of aromatic nitrogens is 1. The molecule has 1 fully saturated rings. The van der Waals surface area contributed by atoms with Crippen LogP contribution >= 0.6 is 0 Å². The van der Waals surface area contributed by atoms with Gasteiger partial charge in [-0.3, -0.25) is 4.98 Å². The quantitative estimate of drug-likeness (QED) is 0.428. The van der Waals surface area contributed by atoms with Crippen LogP contribution in [0.15, 0.2) is 60.8 Å². The SMILES string of the molecule is N#Cc1ccc(OCc2ccc(C(F)(F)C3(c4ccc(F)cc4F)CO3)nc2)cc1. The van der Waals surface area contributed by atoms with Crippen molar-refractivity contribution in [2.75, 3.05) is 6.61 Å². The van der Waals surface area contributed by atoms with E-state index in [1.54, 1.807) is 24.3 Å². The Kier molecular flexibility index (Phi) is 4.92. The van der Waals surface area contributed by atoms with Crippen molar-refractivity contribution in [3.05, 3.63) is 94.8 Å². The van der Waals surface area contributed by atoms with Crippen molar-refractivity contribution in [1.82, 2.24) is 4.98 Å². The second-order valence-corrected chi connectivity index (χ2v) is 6.79. The highest BCUT2D eigenvalue weighted by Crippen LogP contribution is 2.56. The van der Waals surface area contributed by atoms with Gasteiger partial charge in [0.1, 0.15) is 29.7 Å². The van der Waals surface area contributed by atoms with E-state index in [2.05, 4.69) is 4.98 Å². The second-order valence-electron chi connectivity index (χ2n) is 6.79. The number of hydrogen-bond donors (Lipinski definition) is 0. The van der Waals surface area contributed by atoms with E-state index >= 15 is 8.78 Å². The molecule has 4 rings (SSSR count). The summed E-state index contributed by atoms with van der Waals surface area (Å²) >= 11 is 0. The van der Waals surface area contributed by atoms with Crippen LogP contribution in [0.2, 0.25) is 0 Å². The number of hydrogen-bond acceptors (Lipinski definition) is 4. The Morgan fingerprint density at radius 2 is 1.83 bits per heavy atom. The lowest BCUT2D eigenvalue weighted by Crippen LogP contribution is -2.34. The number of halogens is 4. The van der Waals surface area contributed by atoms with Gasteiger partial charge in [-0.15, -0.1) is 0 Å². The van der Waals surface area contributed by atoms with E-state index in [0.717, 1.165) is 18.2 Å². The van der Waals surface area contributed by atoms with Crippen molar-refractivity contribution in [2.45, 2.75) is 18.1 Å². The number of rotatable bonds is 6. The molecule has 0 radical (unpaired) electrons. The molecule has 0 bridgehead atoms. The van der Waals surface area contributed by atoms with Crippen LogP contribution < -0.4 is 4.74 Å². The predicted molar refractivity (Wildman–Crippen MR) is 97.6 cm³/mol. The third-order valence-corrected chi connectivity index (χ3v) is 4.84. The molecule has 4 nitrogen and oxygen atoms in total. The molecule has 2 heterocycles. The van der Waals surface area contributed by atoms with Crippen LogP contribution in [0.1, 0.15) is 22.4 Å². The molecule has 3 aromatic rings. The van der Waals surface area contributed by atoms with Gasteiger partial charge in [-0.1, -0.05) is 6.07 Å². The van der Waals surface area contributed by atoms with Crippen LogP contribution in [0.25, 0.3) is 0 Å². The topological polar surface area (TPSA) is 58.4 Å². The molecule has 1 atom stereocenters. The zero-order valence-electron chi connectivity index (χ0n) is 15.4. The first-order chi connectivity index (χ1) is 14.4. The summed E-state index contributed by atoms with van der Waals surface area (Å²) in [6.45, 7) is -0.327. The number of epoxide rings is 1. The lowest BCUT2D eigenvalue weighted by molar-refractivity contribution is -0.0902. The van der Waals surface area contributed by atoms with E-state index in [1.165, 1.54) is 12.3 Å². The first-order valence-corrected chi connectivity index (χ1v) is 8.91. The number of nitriles is 1. The van der Waals surface area contributed by atoms with Crippen molar-refractivity contribution >= 4 is 0 Å². The zero-order valence-corrected chi connectivity index (χ0v) is 15.4. The van der Waals surface area contributed by atoms with Crippen LogP contribution in [0, 0.1) is 23.0 Å². The fourth-order valence-electron chi connectivity index (χ4n) is 3.09. The van der Waals surface area contributed by atoms with Crippen molar-refractivity contribution in [1.29, 1.82) is 5.26 Å².